The minimum Gasteiger partial charge on any atom is -0.449 e. The molecule has 6 heteroatoms. The van der Waals surface area contributed by atoms with Gasteiger partial charge in [0.25, 0.3) is 0 Å². The quantitative estimate of drug-likeness (QED) is 0.256. The van der Waals surface area contributed by atoms with Gasteiger partial charge in [-0.1, -0.05) is 72.5 Å². The lowest BCUT2D eigenvalue weighted by atomic mass is 9.94. The molecule has 36 heavy (non-hydrogen) atoms. The molecule has 0 unspecified atom stereocenters. The van der Waals surface area contributed by atoms with E-state index in [9.17, 15) is 14.4 Å². The van der Waals surface area contributed by atoms with Crippen LogP contribution in [0.5, 0.6) is 0 Å². The summed E-state index contributed by atoms with van der Waals surface area (Å²) < 4.78 is 10.3. The monoisotopic (exact) mass is 473 g/mol. The highest BCUT2D eigenvalue weighted by Crippen LogP contribution is 2.44. The van der Waals surface area contributed by atoms with Gasteiger partial charge in [-0.3, -0.25) is 0 Å². The molecule has 1 heterocycles. The van der Waals surface area contributed by atoms with E-state index in [1.165, 1.54) is 11.1 Å². The van der Waals surface area contributed by atoms with Gasteiger partial charge in [-0.25, -0.2) is 14.4 Å². The number of esters is 2. The van der Waals surface area contributed by atoms with Gasteiger partial charge in [0.2, 0.25) is 0 Å². The Morgan fingerprint density at radius 3 is 2.17 bits per heavy atom. The minimum atomic E-state index is -0.667. The zero-order chi connectivity index (χ0) is 24.6. The molecule has 4 aromatic rings. The summed E-state index contributed by atoms with van der Waals surface area (Å²) in [6.07, 6.45) is -0.545. The Kier molecular flexibility index (Phi) is 5.24. The number of carbonyl (C=O) groups excluding carboxylic acids is 3. The minimum absolute atomic E-state index is 0.0127. The molecule has 0 bridgehead atoms. The average Bonchev–Trinajstić information content (AvgIpc) is 3.22. The Bertz CT molecular complexity index is 1580. The van der Waals surface area contributed by atoms with Gasteiger partial charge in [0.05, 0.1) is 17.7 Å². The predicted molar refractivity (Wildman–Crippen MR) is 134 cm³/mol. The maximum absolute atomic E-state index is 12.4. The van der Waals surface area contributed by atoms with Gasteiger partial charge in [-0.05, 0) is 45.8 Å². The van der Waals surface area contributed by atoms with Gasteiger partial charge in [0.1, 0.15) is 6.61 Å². The standard InChI is InChI=1S/C30H19NO5/c32-28-24-13-5-12-19-18(14-15-25(27(19)24)29(33)36-28)7-6-16-31-30(34)35-17-26-22-10-3-1-8-20(22)21-9-2-4-11-23(21)26/h1-5,8-15,26H,16-17H2,(H,31,34). The number of rotatable bonds is 3. The fourth-order valence-corrected chi connectivity index (χ4v) is 4.96. The summed E-state index contributed by atoms with van der Waals surface area (Å²) in [7, 11) is 0. The van der Waals surface area contributed by atoms with E-state index >= 15 is 0 Å². The summed E-state index contributed by atoms with van der Waals surface area (Å²) in [6.45, 7) is 0.312. The second-order valence-electron chi connectivity index (χ2n) is 8.55. The maximum atomic E-state index is 12.4. The van der Waals surface area contributed by atoms with Gasteiger partial charge < -0.3 is 14.8 Å². The van der Waals surface area contributed by atoms with Crippen molar-refractivity contribution in [3.63, 3.8) is 0 Å². The molecule has 1 amide bonds. The molecular weight excluding hydrogens is 454 g/mol. The fraction of sp³-hybridized carbons (Fsp3) is 0.100. The lowest BCUT2D eigenvalue weighted by Gasteiger charge is -2.15. The topological polar surface area (TPSA) is 81.7 Å². The van der Waals surface area contributed by atoms with Crippen LogP contribution in [0.4, 0.5) is 4.79 Å². The van der Waals surface area contributed by atoms with Gasteiger partial charge >= 0.3 is 18.0 Å². The molecule has 0 aromatic heterocycles. The second-order valence-corrected chi connectivity index (χ2v) is 8.55. The third-order valence-corrected chi connectivity index (χ3v) is 6.55. The second kappa shape index (κ2) is 8.71. The number of amides is 1. The Morgan fingerprint density at radius 2 is 1.44 bits per heavy atom. The molecule has 6 rings (SSSR count). The highest BCUT2D eigenvalue weighted by Gasteiger charge is 2.29. The van der Waals surface area contributed by atoms with Crippen LogP contribution < -0.4 is 5.32 Å². The fourth-order valence-electron chi connectivity index (χ4n) is 4.96. The third kappa shape index (κ3) is 3.58. The highest BCUT2D eigenvalue weighted by molar-refractivity contribution is 6.21. The predicted octanol–water partition coefficient (Wildman–Crippen LogP) is 5.04. The molecule has 0 spiro atoms. The molecule has 2 aliphatic rings. The Labute approximate surface area is 206 Å². The van der Waals surface area contributed by atoms with Gasteiger partial charge in [0.15, 0.2) is 0 Å². The first-order valence-electron chi connectivity index (χ1n) is 11.5. The number of hydrogen-bond donors (Lipinski definition) is 1. The van der Waals surface area contributed by atoms with Crippen molar-refractivity contribution in [2.24, 2.45) is 0 Å². The molecule has 1 aliphatic carbocycles. The molecule has 0 radical (unpaired) electrons. The maximum Gasteiger partial charge on any atom is 0.407 e. The Hall–Kier alpha value is -4.89. The van der Waals surface area contributed by atoms with Crippen LogP contribution in [0.3, 0.4) is 0 Å². The number of ether oxygens (including phenoxy) is 2. The highest BCUT2D eigenvalue weighted by atomic mass is 16.6. The van der Waals surface area contributed by atoms with E-state index < -0.39 is 18.0 Å². The van der Waals surface area contributed by atoms with E-state index in [1.807, 2.05) is 24.3 Å². The normalized spacial score (nSPS) is 13.3. The van der Waals surface area contributed by atoms with Crippen LogP contribution in [-0.2, 0) is 9.47 Å². The van der Waals surface area contributed by atoms with E-state index in [0.29, 0.717) is 27.5 Å². The molecule has 0 saturated heterocycles. The van der Waals surface area contributed by atoms with Crippen molar-refractivity contribution >= 4 is 28.8 Å². The molecule has 0 saturated carbocycles. The Balaban J connectivity index is 1.13. The largest absolute Gasteiger partial charge is 0.449 e. The summed E-state index contributed by atoms with van der Waals surface area (Å²) >= 11 is 0. The number of nitrogens with one attached hydrogen (secondary N) is 1. The lowest BCUT2D eigenvalue weighted by Crippen LogP contribution is -2.26. The van der Waals surface area contributed by atoms with Crippen LogP contribution >= 0.6 is 0 Å². The smallest absolute Gasteiger partial charge is 0.407 e. The van der Waals surface area contributed by atoms with Gasteiger partial charge in [0, 0.05) is 16.9 Å². The first-order chi connectivity index (χ1) is 17.6. The van der Waals surface area contributed by atoms with Crippen LogP contribution in [-0.4, -0.2) is 31.2 Å². The average molecular weight is 473 g/mol. The van der Waals surface area contributed by atoms with Gasteiger partial charge in [-0.2, -0.15) is 0 Å². The van der Waals surface area contributed by atoms with Crippen LogP contribution in [0.15, 0.2) is 78.9 Å². The first-order valence-corrected chi connectivity index (χ1v) is 11.5. The zero-order valence-electron chi connectivity index (χ0n) is 19.0. The molecule has 6 nitrogen and oxygen atoms in total. The number of cyclic esters (lactones) is 2. The van der Waals surface area contributed by atoms with Crippen molar-refractivity contribution < 1.29 is 23.9 Å². The molecule has 174 valence electrons. The van der Waals surface area contributed by atoms with Crippen LogP contribution in [0.1, 0.15) is 43.3 Å². The number of hydrogen-bond acceptors (Lipinski definition) is 5. The van der Waals surface area contributed by atoms with Crippen molar-refractivity contribution in [1.82, 2.24) is 5.32 Å². The summed E-state index contributed by atoms with van der Waals surface area (Å²) in [6, 6.07) is 24.8. The zero-order valence-corrected chi connectivity index (χ0v) is 19.0. The van der Waals surface area contributed by atoms with Crippen molar-refractivity contribution in [1.29, 1.82) is 0 Å². The summed E-state index contributed by atoms with van der Waals surface area (Å²) in [4.78, 5) is 36.5. The molecular formula is C30H19NO5. The number of fused-ring (bicyclic) bond motifs is 3. The van der Waals surface area contributed by atoms with E-state index in [4.69, 9.17) is 9.47 Å². The molecule has 1 N–H and O–H groups in total. The Morgan fingerprint density at radius 1 is 0.806 bits per heavy atom. The van der Waals surface area contributed by atoms with E-state index in [-0.39, 0.29) is 19.1 Å². The summed E-state index contributed by atoms with van der Waals surface area (Å²) in [5, 5.41) is 3.89. The van der Waals surface area contributed by atoms with Crippen molar-refractivity contribution in [3.05, 3.63) is 107 Å². The van der Waals surface area contributed by atoms with Crippen LogP contribution in [0.2, 0.25) is 0 Å². The number of alkyl carbamates (subject to hydrolysis) is 1. The number of carbonyl (C=O) groups is 3. The van der Waals surface area contributed by atoms with E-state index in [2.05, 4.69) is 41.4 Å². The molecule has 0 fully saturated rings. The molecule has 1 aliphatic heterocycles. The van der Waals surface area contributed by atoms with Crippen LogP contribution in [0, 0.1) is 11.8 Å². The number of benzene rings is 4. The summed E-state index contributed by atoms with van der Waals surface area (Å²) in [5.41, 5.74) is 5.96. The third-order valence-electron chi connectivity index (χ3n) is 6.55. The molecule has 4 aromatic carbocycles. The first kappa shape index (κ1) is 21.6. The lowest BCUT2D eigenvalue weighted by molar-refractivity contribution is 0.0391. The SMILES string of the molecule is O=C(NCC#Cc1ccc2c3c(cccc13)C(=O)OC2=O)OCC1c2ccccc2-c2ccccc21. The van der Waals surface area contributed by atoms with E-state index in [1.54, 1.807) is 30.3 Å². The van der Waals surface area contributed by atoms with Gasteiger partial charge in [-0.15, -0.1) is 0 Å². The van der Waals surface area contributed by atoms with E-state index in [0.717, 1.165) is 11.1 Å². The van der Waals surface area contributed by atoms with Crippen molar-refractivity contribution in [2.45, 2.75) is 5.92 Å². The molecule has 0 atom stereocenters. The summed E-state index contributed by atoms with van der Waals surface area (Å²) in [5.74, 6) is 4.59. The van der Waals surface area contributed by atoms with Crippen molar-refractivity contribution in [2.75, 3.05) is 13.2 Å². The van der Waals surface area contributed by atoms with Crippen molar-refractivity contribution in [3.8, 4) is 23.0 Å². The van der Waals surface area contributed by atoms with Crippen LogP contribution in [0.25, 0.3) is 21.9 Å².